The van der Waals surface area contributed by atoms with Crippen LogP contribution in [0.5, 0.6) is 5.75 Å². The zero-order valence-electron chi connectivity index (χ0n) is 11.6. The van der Waals surface area contributed by atoms with Crippen molar-refractivity contribution in [1.29, 1.82) is 0 Å². The van der Waals surface area contributed by atoms with Gasteiger partial charge in [-0.25, -0.2) is 9.37 Å². The maximum Gasteiger partial charge on any atom is 0.201 e. The summed E-state index contributed by atoms with van der Waals surface area (Å²) < 4.78 is 18.7. The molecule has 1 aromatic heterocycles. The molecule has 0 aliphatic carbocycles. The molecule has 3 rings (SSSR count). The summed E-state index contributed by atoms with van der Waals surface area (Å²) in [5.74, 6) is 0.921. The Morgan fingerprint density at radius 2 is 2.10 bits per heavy atom. The first-order valence-corrected chi connectivity index (χ1v) is 6.81. The lowest BCUT2D eigenvalue weighted by molar-refractivity contribution is 0.233. The van der Waals surface area contributed by atoms with Crippen molar-refractivity contribution in [1.82, 2.24) is 9.97 Å². The van der Waals surface area contributed by atoms with Gasteiger partial charge in [-0.2, -0.15) is 0 Å². The zero-order valence-corrected chi connectivity index (χ0v) is 11.6. The normalized spacial score (nSPS) is 12.3. The summed E-state index contributed by atoms with van der Waals surface area (Å²) in [6.07, 6.45) is -0.111. The number of nitrogens with one attached hydrogen (secondary N) is 2. The van der Waals surface area contributed by atoms with Crippen LogP contribution in [0.25, 0.3) is 11.0 Å². The molecule has 1 atom stereocenters. The van der Waals surface area contributed by atoms with E-state index < -0.39 is 0 Å². The second-order valence-electron chi connectivity index (χ2n) is 4.87. The molecule has 0 amide bonds. The summed E-state index contributed by atoms with van der Waals surface area (Å²) in [6.45, 7) is 2.48. The Labute approximate surface area is 122 Å². The molecule has 1 heterocycles. The van der Waals surface area contributed by atoms with E-state index in [1.54, 1.807) is 12.1 Å². The third-order valence-corrected chi connectivity index (χ3v) is 3.08. The topological polar surface area (TPSA) is 49.9 Å². The van der Waals surface area contributed by atoms with Gasteiger partial charge in [0.05, 0.1) is 17.6 Å². The van der Waals surface area contributed by atoms with Gasteiger partial charge in [-0.05, 0) is 31.2 Å². The molecule has 0 aliphatic heterocycles. The second kappa shape index (κ2) is 5.83. The predicted octanol–water partition coefficient (Wildman–Crippen LogP) is 3.58. The van der Waals surface area contributed by atoms with Crippen molar-refractivity contribution < 1.29 is 9.13 Å². The molecule has 0 aliphatic rings. The number of fused-ring (bicyclic) bond motifs is 1. The highest BCUT2D eigenvalue weighted by Gasteiger charge is 2.07. The number of aromatic amines is 1. The highest BCUT2D eigenvalue weighted by molar-refractivity contribution is 5.77. The van der Waals surface area contributed by atoms with Crippen molar-refractivity contribution in [2.45, 2.75) is 13.0 Å². The Morgan fingerprint density at radius 1 is 1.24 bits per heavy atom. The molecule has 5 heteroatoms. The molecule has 108 valence electrons. The van der Waals surface area contributed by atoms with Crippen LogP contribution >= 0.6 is 0 Å². The van der Waals surface area contributed by atoms with E-state index in [0.717, 1.165) is 11.0 Å². The third kappa shape index (κ3) is 3.31. The molecule has 0 saturated heterocycles. The Kier molecular flexibility index (Phi) is 3.73. The summed E-state index contributed by atoms with van der Waals surface area (Å²) in [5.41, 5.74) is 1.90. The molecular weight excluding hydrogens is 269 g/mol. The predicted molar refractivity (Wildman–Crippen MR) is 81.1 cm³/mol. The van der Waals surface area contributed by atoms with Crippen LogP contribution in [0.2, 0.25) is 0 Å². The summed E-state index contributed by atoms with van der Waals surface area (Å²) in [5, 5.41) is 3.18. The largest absolute Gasteiger partial charge is 0.489 e. The van der Waals surface area contributed by atoms with Crippen molar-refractivity contribution in [3.8, 4) is 5.75 Å². The number of hydrogen-bond donors (Lipinski definition) is 2. The first-order valence-electron chi connectivity index (χ1n) is 6.81. The van der Waals surface area contributed by atoms with Crippen molar-refractivity contribution >= 4 is 17.0 Å². The van der Waals surface area contributed by atoms with Crippen LogP contribution in [0, 0.1) is 5.82 Å². The van der Waals surface area contributed by atoms with Crippen molar-refractivity contribution in [2.24, 2.45) is 0 Å². The third-order valence-electron chi connectivity index (χ3n) is 3.08. The molecule has 4 nitrogen and oxygen atoms in total. The SMILES string of the molecule is CC(CNc1nc2ccccc2[nH]1)Oc1cccc(F)c1. The van der Waals surface area contributed by atoms with E-state index >= 15 is 0 Å². The van der Waals surface area contributed by atoms with Gasteiger partial charge < -0.3 is 15.0 Å². The first-order chi connectivity index (χ1) is 10.2. The number of rotatable bonds is 5. The fourth-order valence-electron chi connectivity index (χ4n) is 2.09. The van der Waals surface area contributed by atoms with Crippen LogP contribution in [-0.2, 0) is 0 Å². The van der Waals surface area contributed by atoms with E-state index in [2.05, 4.69) is 15.3 Å². The summed E-state index contributed by atoms with van der Waals surface area (Å²) in [4.78, 5) is 7.61. The van der Waals surface area contributed by atoms with Gasteiger partial charge in [-0.1, -0.05) is 18.2 Å². The number of ether oxygens (including phenoxy) is 1. The monoisotopic (exact) mass is 285 g/mol. The lowest BCUT2D eigenvalue weighted by atomic mass is 10.3. The number of imidazole rings is 1. The molecule has 0 bridgehead atoms. The van der Waals surface area contributed by atoms with Crippen molar-refractivity contribution in [3.05, 3.63) is 54.3 Å². The highest BCUT2D eigenvalue weighted by atomic mass is 19.1. The molecule has 0 spiro atoms. The van der Waals surface area contributed by atoms with Gasteiger partial charge in [0.15, 0.2) is 0 Å². The highest BCUT2D eigenvalue weighted by Crippen LogP contribution is 2.15. The van der Waals surface area contributed by atoms with E-state index in [9.17, 15) is 4.39 Å². The molecule has 21 heavy (non-hydrogen) atoms. The Morgan fingerprint density at radius 3 is 2.90 bits per heavy atom. The van der Waals surface area contributed by atoms with Crippen LogP contribution in [0.15, 0.2) is 48.5 Å². The van der Waals surface area contributed by atoms with Crippen LogP contribution in [0.1, 0.15) is 6.92 Å². The summed E-state index contributed by atoms with van der Waals surface area (Å²) in [6, 6.07) is 14.0. The van der Waals surface area contributed by atoms with Gasteiger partial charge in [0, 0.05) is 6.07 Å². The van der Waals surface area contributed by atoms with Gasteiger partial charge in [0.2, 0.25) is 5.95 Å². The molecule has 0 fully saturated rings. The van der Waals surface area contributed by atoms with E-state index in [4.69, 9.17) is 4.74 Å². The minimum Gasteiger partial charge on any atom is -0.489 e. The van der Waals surface area contributed by atoms with Crippen LogP contribution in [0.3, 0.4) is 0 Å². The maximum absolute atomic E-state index is 13.1. The van der Waals surface area contributed by atoms with Crippen molar-refractivity contribution in [3.63, 3.8) is 0 Å². The van der Waals surface area contributed by atoms with Crippen LogP contribution in [-0.4, -0.2) is 22.6 Å². The fraction of sp³-hybridized carbons (Fsp3) is 0.188. The van der Waals surface area contributed by atoms with E-state index in [1.165, 1.54) is 12.1 Å². The first kappa shape index (κ1) is 13.4. The van der Waals surface area contributed by atoms with Crippen LogP contribution in [0.4, 0.5) is 10.3 Å². The number of aromatic nitrogens is 2. The van der Waals surface area contributed by atoms with E-state index in [-0.39, 0.29) is 11.9 Å². The minimum absolute atomic E-state index is 0.111. The second-order valence-corrected chi connectivity index (χ2v) is 4.87. The molecule has 2 aromatic carbocycles. The Bertz CT molecular complexity index is 708. The van der Waals surface area contributed by atoms with Crippen molar-refractivity contribution in [2.75, 3.05) is 11.9 Å². The minimum atomic E-state index is -0.301. The number of hydrogen-bond acceptors (Lipinski definition) is 3. The standard InChI is InChI=1S/C16H16FN3O/c1-11(21-13-6-4-5-12(17)9-13)10-18-16-19-14-7-2-3-8-15(14)20-16/h2-9,11H,10H2,1H3,(H2,18,19,20). The van der Waals surface area contributed by atoms with Gasteiger partial charge >= 0.3 is 0 Å². The van der Waals surface area contributed by atoms with E-state index in [1.807, 2.05) is 31.2 Å². The number of benzene rings is 2. The van der Waals surface area contributed by atoms with Gasteiger partial charge in [0.1, 0.15) is 17.7 Å². The average molecular weight is 285 g/mol. The quantitative estimate of drug-likeness (QED) is 0.753. The summed E-state index contributed by atoms with van der Waals surface area (Å²) in [7, 11) is 0. The summed E-state index contributed by atoms with van der Waals surface area (Å²) >= 11 is 0. The van der Waals surface area contributed by atoms with Gasteiger partial charge in [-0.3, -0.25) is 0 Å². The molecule has 2 N–H and O–H groups in total. The number of anilines is 1. The average Bonchev–Trinajstić information content (AvgIpc) is 2.88. The molecule has 3 aromatic rings. The number of H-pyrrole nitrogens is 1. The van der Waals surface area contributed by atoms with E-state index in [0.29, 0.717) is 18.2 Å². The lowest BCUT2D eigenvalue weighted by Gasteiger charge is -2.15. The smallest absolute Gasteiger partial charge is 0.201 e. The zero-order chi connectivity index (χ0) is 14.7. The number of para-hydroxylation sites is 2. The molecule has 0 saturated carbocycles. The number of halogens is 1. The molecular formula is C16H16FN3O. The van der Waals surface area contributed by atoms with Crippen LogP contribution < -0.4 is 10.1 Å². The Balaban J connectivity index is 1.59. The Hall–Kier alpha value is -2.56. The van der Waals surface area contributed by atoms with Gasteiger partial charge in [-0.15, -0.1) is 0 Å². The molecule has 1 unspecified atom stereocenters. The lowest BCUT2D eigenvalue weighted by Crippen LogP contribution is -2.23. The fourth-order valence-corrected chi connectivity index (χ4v) is 2.09. The number of nitrogens with zero attached hydrogens (tertiary/aromatic N) is 1. The van der Waals surface area contributed by atoms with Gasteiger partial charge in [0.25, 0.3) is 0 Å². The maximum atomic E-state index is 13.1. The molecule has 0 radical (unpaired) electrons.